The van der Waals surface area contributed by atoms with E-state index in [1.54, 1.807) is 10.7 Å². The quantitative estimate of drug-likeness (QED) is 0.790. The van der Waals surface area contributed by atoms with E-state index in [0.29, 0.717) is 11.3 Å². The van der Waals surface area contributed by atoms with Gasteiger partial charge in [0, 0.05) is 5.56 Å². The Kier molecular flexibility index (Phi) is 2.95. The van der Waals surface area contributed by atoms with Crippen molar-refractivity contribution in [3.05, 3.63) is 53.9 Å². The molecule has 0 radical (unpaired) electrons. The molecule has 0 aliphatic rings. The third kappa shape index (κ3) is 2.38. The minimum Gasteiger partial charge on any atom is -0.481 e. The summed E-state index contributed by atoms with van der Waals surface area (Å²) in [6, 6.07) is 11.8. The fourth-order valence-corrected chi connectivity index (χ4v) is 2.05. The zero-order chi connectivity index (χ0) is 14.1. The molecule has 1 N–H and O–H groups in total. The molecule has 0 unspecified atom stereocenters. The first kappa shape index (κ1) is 12.3. The van der Waals surface area contributed by atoms with Crippen molar-refractivity contribution in [2.45, 2.75) is 13.3 Å². The highest BCUT2D eigenvalue weighted by Gasteiger charge is 2.08. The van der Waals surface area contributed by atoms with Gasteiger partial charge in [-0.05, 0) is 19.1 Å². The van der Waals surface area contributed by atoms with Gasteiger partial charge < -0.3 is 5.11 Å². The third-order valence-corrected chi connectivity index (χ3v) is 3.05. The van der Waals surface area contributed by atoms with Gasteiger partial charge in [-0.15, -0.1) is 0 Å². The number of fused-ring (bicyclic) bond motifs is 1. The van der Waals surface area contributed by atoms with Crippen LogP contribution in [-0.2, 0) is 11.2 Å². The number of rotatable bonds is 3. The van der Waals surface area contributed by atoms with Gasteiger partial charge in [-0.1, -0.05) is 29.8 Å². The molecule has 0 bridgehead atoms. The van der Waals surface area contributed by atoms with E-state index in [1.165, 1.54) is 5.56 Å². The van der Waals surface area contributed by atoms with E-state index in [4.69, 9.17) is 5.11 Å². The summed E-state index contributed by atoms with van der Waals surface area (Å²) < 4.78 is 1.62. The van der Waals surface area contributed by atoms with Gasteiger partial charge in [0.2, 0.25) is 0 Å². The second-order valence-electron chi connectivity index (χ2n) is 4.69. The first-order chi connectivity index (χ1) is 9.61. The monoisotopic (exact) mass is 267 g/mol. The second-order valence-corrected chi connectivity index (χ2v) is 4.69. The summed E-state index contributed by atoms with van der Waals surface area (Å²) in [6.07, 6.45) is 1.56. The lowest BCUT2D eigenvalue weighted by molar-refractivity contribution is -0.136. The van der Waals surface area contributed by atoms with Gasteiger partial charge in [-0.3, -0.25) is 4.79 Å². The van der Waals surface area contributed by atoms with Crippen LogP contribution in [0.25, 0.3) is 16.9 Å². The van der Waals surface area contributed by atoms with Gasteiger partial charge in [0.25, 0.3) is 0 Å². The molecule has 2 aromatic heterocycles. The minimum absolute atomic E-state index is 0.0940. The summed E-state index contributed by atoms with van der Waals surface area (Å²) in [5, 5.41) is 13.2. The van der Waals surface area contributed by atoms with Crippen LogP contribution in [0.15, 0.2) is 42.6 Å². The van der Waals surface area contributed by atoms with Crippen LogP contribution in [-0.4, -0.2) is 25.7 Å². The Morgan fingerprint density at radius 1 is 1.20 bits per heavy atom. The van der Waals surface area contributed by atoms with Crippen molar-refractivity contribution in [3.8, 4) is 11.3 Å². The van der Waals surface area contributed by atoms with E-state index < -0.39 is 5.97 Å². The molecule has 0 atom stereocenters. The van der Waals surface area contributed by atoms with Crippen LogP contribution in [0.2, 0.25) is 0 Å². The summed E-state index contributed by atoms with van der Waals surface area (Å²) in [7, 11) is 0. The first-order valence-electron chi connectivity index (χ1n) is 6.26. The average molecular weight is 267 g/mol. The van der Waals surface area contributed by atoms with Crippen LogP contribution >= 0.6 is 0 Å². The van der Waals surface area contributed by atoms with E-state index in [9.17, 15) is 4.79 Å². The highest BCUT2D eigenvalue weighted by Crippen LogP contribution is 2.18. The summed E-state index contributed by atoms with van der Waals surface area (Å²) in [6.45, 7) is 2.04. The van der Waals surface area contributed by atoms with Gasteiger partial charge >= 0.3 is 5.97 Å². The van der Waals surface area contributed by atoms with E-state index in [2.05, 4.69) is 10.1 Å². The number of carboxylic acids is 1. The molecule has 5 heteroatoms. The number of carbonyl (C=O) groups is 1. The molecular formula is C15H13N3O2. The normalized spacial score (nSPS) is 10.8. The van der Waals surface area contributed by atoms with E-state index in [1.807, 2.05) is 43.3 Å². The second kappa shape index (κ2) is 4.77. The Balaban J connectivity index is 2.01. The van der Waals surface area contributed by atoms with Gasteiger partial charge in [0.05, 0.1) is 24.0 Å². The molecule has 2 heterocycles. The average Bonchev–Trinajstić information content (AvgIpc) is 2.79. The van der Waals surface area contributed by atoms with Crippen LogP contribution in [0.3, 0.4) is 0 Å². The fraction of sp³-hybridized carbons (Fsp3) is 0.133. The standard InChI is InChI=1S/C15H13N3O2/c1-10-2-4-11(5-3-10)13-6-7-14-16-12(8-15(19)20)9-18(14)17-13/h2-7,9H,8H2,1H3,(H,19,20). The number of nitrogens with zero attached hydrogens (tertiary/aromatic N) is 3. The van der Waals surface area contributed by atoms with Gasteiger partial charge in [0.15, 0.2) is 5.65 Å². The maximum Gasteiger partial charge on any atom is 0.309 e. The molecule has 0 saturated heterocycles. The SMILES string of the molecule is Cc1ccc(-c2ccc3nc(CC(=O)O)cn3n2)cc1. The summed E-state index contributed by atoms with van der Waals surface area (Å²) in [5.41, 5.74) is 4.20. The fourth-order valence-electron chi connectivity index (χ4n) is 2.05. The number of hydrogen-bond donors (Lipinski definition) is 1. The van der Waals surface area contributed by atoms with Crippen LogP contribution in [0.4, 0.5) is 0 Å². The Bertz CT molecular complexity index is 775. The molecule has 20 heavy (non-hydrogen) atoms. The highest BCUT2D eigenvalue weighted by atomic mass is 16.4. The lowest BCUT2D eigenvalue weighted by Gasteiger charge is -2.01. The number of benzene rings is 1. The topological polar surface area (TPSA) is 67.5 Å². The molecule has 5 nitrogen and oxygen atoms in total. The van der Waals surface area contributed by atoms with Crippen LogP contribution in [0, 0.1) is 6.92 Å². The Hall–Kier alpha value is -2.69. The van der Waals surface area contributed by atoms with Crippen molar-refractivity contribution in [1.82, 2.24) is 14.6 Å². The number of imidazole rings is 1. The van der Waals surface area contributed by atoms with E-state index in [-0.39, 0.29) is 6.42 Å². The Morgan fingerprint density at radius 2 is 1.95 bits per heavy atom. The number of carboxylic acid groups (broad SMARTS) is 1. The highest BCUT2D eigenvalue weighted by molar-refractivity contribution is 5.70. The van der Waals surface area contributed by atoms with Gasteiger partial charge in [-0.2, -0.15) is 5.10 Å². The predicted octanol–water partition coefficient (Wildman–Crippen LogP) is 2.33. The molecule has 0 aliphatic carbocycles. The van der Waals surface area contributed by atoms with Crippen molar-refractivity contribution in [3.63, 3.8) is 0 Å². The lowest BCUT2D eigenvalue weighted by Crippen LogP contribution is -1.99. The lowest BCUT2D eigenvalue weighted by atomic mass is 10.1. The molecule has 3 rings (SSSR count). The van der Waals surface area contributed by atoms with Gasteiger partial charge in [0.1, 0.15) is 0 Å². The largest absolute Gasteiger partial charge is 0.481 e. The Labute approximate surface area is 115 Å². The molecule has 1 aromatic carbocycles. The van der Waals surface area contributed by atoms with Crippen molar-refractivity contribution >= 4 is 11.6 Å². The summed E-state index contributed by atoms with van der Waals surface area (Å²) in [4.78, 5) is 14.9. The molecular weight excluding hydrogens is 254 g/mol. The maximum absolute atomic E-state index is 10.7. The smallest absolute Gasteiger partial charge is 0.309 e. The molecule has 0 aliphatic heterocycles. The zero-order valence-electron chi connectivity index (χ0n) is 10.9. The molecule has 0 saturated carbocycles. The summed E-state index contributed by atoms with van der Waals surface area (Å²) in [5.74, 6) is -0.896. The number of aromatic nitrogens is 3. The van der Waals surface area contributed by atoms with Crippen LogP contribution in [0.1, 0.15) is 11.3 Å². The minimum atomic E-state index is -0.896. The van der Waals surface area contributed by atoms with Crippen LogP contribution in [0.5, 0.6) is 0 Å². The molecule has 3 aromatic rings. The third-order valence-electron chi connectivity index (χ3n) is 3.05. The van der Waals surface area contributed by atoms with E-state index in [0.717, 1.165) is 11.3 Å². The van der Waals surface area contributed by atoms with Crippen LogP contribution < -0.4 is 0 Å². The van der Waals surface area contributed by atoms with Crippen molar-refractivity contribution in [2.75, 3.05) is 0 Å². The van der Waals surface area contributed by atoms with Crippen molar-refractivity contribution in [1.29, 1.82) is 0 Å². The first-order valence-corrected chi connectivity index (χ1v) is 6.26. The summed E-state index contributed by atoms with van der Waals surface area (Å²) >= 11 is 0. The molecule has 100 valence electrons. The molecule has 0 fully saturated rings. The van der Waals surface area contributed by atoms with Crippen molar-refractivity contribution < 1.29 is 9.90 Å². The maximum atomic E-state index is 10.7. The van der Waals surface area contributed by atoms with E-state index >= 15 is 0 Å². The number of aliphatic carboxylic acids is 1. The number of aryl methyl sites for hydroxylation is 1. The van der Waals surface area contributed by atoms with Gasteiger partial charge in [-0.25, -0.2) is 9.50 Å². The number of hydrogen-bond acceptors (Lipinski definition) is 3. The van der Waals surface area contributed by atoms with Crippen molar-refractivity contribution in [2.24, 2.45) is 0 Å². The molecule has 0 amide bonds. The Morgan fingerprint density at radius 3 is 2.65 bits per heavy atom. The molecule has 0 spiro atoms. The predicted molar refractivity (Wildman–Crippen MR) is 74.5 cm³/mol. The zero-order valence-corrected chi connectivity index (χ0v) is 10.9.